The number of nitriles is 1. The van der Waals surface area contributed by atoms with Gasteiger partial charge in [0.1, 0.15) is 17.6 Å². The average Bonchev–Trinajstić information content (AvgIpc) is 3.54. The minimum absolute atomic E-state index is 0.0977. The van der Waals surface area contributed by atoms with E-state index < -0.39 is 0 Å². The lowest BCUT2D eigenvalue weighted by Crippen LogP contribution is -2.38. The van der Waals surface area contributed by atoms with Crippen molar-refractivity contribution in [1.82, 2.24) is 25.1 Å². The van der Waals surface area contributed by atoms with Gasteiger partial charge in [0, 0.05) is 23.3 Å². The van der Waals surface area contributed by atoms with E-state index in [-0.39, 0.29) is 19.1 Å². The van der Waals surface area contributed by atoms with Gasteiger partial charge in [0.05, 0.1) is 34.7 Å². The fraction of sp³-hybridized carbons (Fsp3) is 0.250. The lowest BCUT2D eigenvalue weighted by Gasteiger charge is -2.29. The molecule has 3 aromatic heterocycles. The van der Waals surface area contributed by atoms with Crippen LogP contribution in [0.15, 0.2) is 36.8 Å². The molecule has 4 heterocycles. The van der Waals surface area contributed by atoms with Gasteiger partial charge in [-0.15, -0.1) is 0 Å². The zero-order valence-electron chi connectivity index (χ0n) is 18.0. The molecule has 0 atom stereocenters. The van der Waals surface area contributed by atoms with Crippen LogP contribution in [0.2, 0.25) is 5.02 Å². The molecular formula is C24H18ClN7O2. The Balaban J connectivity index is 1.43. The largest absolute Gasteiger partial charge is 0.482 e. The highest BCUT2D eigenvalue weighted by Crippen LogP contribution is 2.41. The van der Waals surface area contributed by atoms with Crippen molar-refractivity contribution >= 4 is 34.2 Å². The van der Waals surface area contributed by atoms with Gasteiger partial charge in [-0.2, -0.15) is 10.4 Å². The third-order valence-corrected chi connectivity index (χ3v) is 6.32. The van der Waals surface area contributed by atoms with Crippen LogP contribution in [0.3, 0.4) is 0 Å². The first-order valence-electron chi connectivity index (χ1n) is 10.9. The number of rotatable bonds is 5. The molecule has 0 bridgehead atoms. The Hall–Kier alpha value is -4.03. The zero-order valence-corrected chi connectivity index (χ0v) is 18.7. The molecule has 0 unspecified atom stereocenters. The van der Waals surface area contributed by atoms with Crippen LogP contribution in [-0.2, 0) is 17.8 Å². The van der Waals surface area contributed by atoms with E-state index in [9.17, 15) is 10.1 Å². The van der Waals surface area contributed by atoms with Crippen LogP contribution in [0.5, 0.6) is 5.75 Å². The van der Waals surface area contributed by atoms with E-state index in [1.54, 1.807) is 11.1 Å². The second-order valence-electron chi connectivity index (χ2n) is 8.47. The van der Waals surface area contributed by atoms with Crippen molar-refractivity contribution in [2.75, 3.05) is 11.5 Å². The first-order chi connectivity index (χ1) is 16.6. The quantitative estimate of drug-likeness (QED) is 0.469. The maximum Gasteiger partial charge on any atom is 0.265 e. The van der Waals surface area contributed by atoms with Gasteiger partial charge >= 0.3 is 0 Å². The summed E-state index contributed by atoms with van der Waals surface area (Å²) in [5.74, 6) is 1.41. The summed E-state index contributed by atoms with van der Waals surface area (Å²) in [6.45, 7) is 0.0987. The molecule has 1 aromatic carbocycles. The van der Waals surface area contributed by atoms with E-state index in [0.717, 1.165) is 41.5 Å². The van der Waals surface area contributed by atoms with Crippen molar-refractivity contribution in [3.63, 3.8) is 0 Å². The maximum absolute atomic E-state index is 12.6. The van der Waals surface area contributed by atoms with Crippen molar-refractivity contribution in [3.05, 3.63) is 58.9 Å². The molecule has 1 aliphatic carbocycles. The second-order valence-corrected chi connectivity index (χ2v) is 8.91. The SMILES string of the molecule is N#Cc1c(CC2CC2)nc2[nH]ncc2c1-c1ccc2c(c1)OCC(=O)N2Cc1ncc(Cl)cn1. The van der Waals surface area contributed by atoms with Crippen LogP contribution in [0, 0.1) is 17.2 Å². The summed E-state index contributed by atoms with van der Waals surface area (Å²) in [5.41, 5.74) is 4.19. The average molecular weight is 472 g/mol. The van der Waals surface area contributed by atoms with Gasteiger partial charge in [-0.05, 0) is 42.9 Å². The number of hydrogen-bond donors (Lipinski definition) is 1. The van der Waals surface area contributed by atoms with E-state index >= 15 is 0 Å². The summed E-state index contributed by atoms with van der Waals surface area (Å²) < 4.78 is 5.78. The number of ether oxygens (including phenoxy) is 1. The number of fused-ring (bicyclic) bond motifs is 2. The van der Waals surface area contributed by atoms with Crippen LogP contribution in [0.1, 0.15) is 29.9 Å². The highest BCUT2D eigenvalue weighted by atomic mass is 35.5. The first kappa shape index (κ1) is 20.6. The third-order valence-electron chi connectivity index (χ3n) is 6.13. The number of aromatic nitrogens is 5. The number of carbonyl (C=O) groups is 1. The summed E-state index contributed by atoms with van der Waals surface area (Å²) in [5, 5.41) is 18.4. The number of hydrogen-bond acceptors (Lipinski definition) is 7. The Morgan fingerprint density at radius 2 is 2.06 bits per heavy atom. The second kappa shape index (κ2) is 8.08. The van der Waals surface area contributed by atoms with Gasteiger partial charge in [0.2, 0.25) is 0 Å². The van der Waals surface area contributed by atoms with Crippen molar-refractivity contribution < 1.29 is 9.53 Å². The molecule has 168 valence electrons. The van der Waals surface area contributed by atoms with Gasteiger partial charge in [-0.1, -0.05) is 17.7 Å². The molecule has 10 heteroatoms. The molecule has 4 aromatic rings. The van der Waals surface area contributed by atoms with Gasteiger partial charge in [-0.25, -0.2) is 15.0 Å². The Labute approximate surface area is 199 Å². The molecule has 0 radical (unpaired) electrons. The van der Waals surface area contributed by atoms with Crippen molar-refractivity contribution in [1.29, 1.82) is 5.26 Å². The molecule has 1 fully saturated rings. The van der Waals surface area contributed by atoms with Gasteiger partial charge in [0.15, 0.2) is 12.3 Å². The lowest BCUT2D eigenvalue weighted by molar-refractivity contribution is -0.121. The van der Waals surface area contributed by atoms with Crippen molar-refractivity contribution in [2.45, 2.75) is 25.8 Å². The summed E-state index contributed by atoms with van der Waals surface area (Å²) in [4.78, 5) is 27.3. The summed E-state index contributed by atoms with van der Waals surface area (Å²) >= 11 is 5.88. The number of anilines is 1. The maximum atomic E-state index is 12.6. The molecule has 0 saturated heterocycles. The molecule has 1 N–H and O–H groups in total. The van der Waals surface area contributed by atoms with Crippen LogP contribution < -0.4 is 9.64 Å². The normalized spacial score (nSPS) is 15.2. The Bertz CT molecular complexity index is 1470. The van der Waals surface area contributed by atoms with Crippen molar-refractivity contribution in [2.24, 2.45) is 5.92 Å². The first-order valence-corrected chi connectivity index (χ1v) is 11.3. The number of pyridine rings is 1. The third kappa shape index (κ3) is 3.62. The smallest absolute Gasteiger partial charge is 0.265 e. The predicted molar refractivity (Wildman–Crippen MR) is 124 cm³/mol. The van der Waals surface area contributed by atoms with E-state index in [0.29, 0.717) is 39.4 Å². The molecule has 6 rings (SSSR count). The highest BCUT2D eigenvalue weighted by molar-refractivity contribution is 6.30. The summed E-state index contributed by atoms with van der Waals surface area (Å²) in [6.07, 6.45) is 7.79. The number of nitrogens with zero attached hydrogens (tertiary/aromatic N) is 6. The molecule has 0 spiro atoms. The summed E-state index contributed by atoms with van der Waals surface area (Å²) in [7, 11) is 0. The standard InChI is InChI=1S/C24H18ClN7O2/c25-15-8-27-21(28-9-15)11-32-19-4-3-14(6-20(19)34-12-22(32)33)23-16(7-26)18(5-13-1-2-13)30-24-17(23)10-29-31-24/h3-4,6,8-10,13H,1-2,5,11-12H2,(H,29,30,31). The number of H-pyrrole nitrogens is 1. The molecule has 1 aliphatic heterocycles. The molecule has 34 heavy (non-hydrogen) atoms. The number of benzene rings is 1. The molecule has 2 aliphatic rings. The van der Waals surface area contributed by atoms with E-state index in [2.05, 4.69) is 31.2 Å². The number of aromatic amines is 1. The molecule has 9 nitrogen and oxygen atoms in total. The monoisotopic (exact) mass is 471 g/mol. The Kier molecular flexibility index (Phi) is 4.89. The van der Waals surface area contributed by atoms with E-state index in [4.69, 9.17) is 16.3 Å². The number of nitrogens with one attached hydrogen (secondary N) is 1. The van der Waals surface area contributed by atoms with Crippen LogP contribution in [0.4, 0.5) is 5.69 Å². The summed E-state index contributed by atoms with van der Waals surface area (Å²) in [6, 6.07) is 7.95. The zero-order chi connectivity index (χ0) is 23.2. The molecule has 1 amide bonds. The van der Waals surface area contributed by atoms with Crippen LogP contribution in [-0.4, -0.2) is 37.7 Å². The number of amides is 1. The van der Waals surface area contributed by atoms with Crippen molar-refractivity contribution in [3.8, 4) is 22.9 Å². The molecule has 1 saturated carbocycles. The van der Waals surface area contributed by atoms with E-state index in [1.165, 1.54) is 12.4 Å². The molecular weight excluding hydrogens is 454 g/mol. The van der Waals surface area contributed by atoms with Crippen LogP contribution >= 0.6 is 11.6 Å². The lowest BCUT2D eigenvalue weighted by atomic mass is 9.94. The van der Waals surface area contributed by atoms with Gasteiger partial charge < -0.3 is 4.74 Å². The van der Waals surface area contributed by atoms with Gasteiger partial charge in [-0.3, -0.25) is 14.8 Å². The highest BCUT2D eigenvalue weighted by Gasteiger charge is 2.29. The fourth-order valence-electron chi connectivity index (χ4n) is 4.28. The minimum Gasteiger partial charge on any atom is -0.482 e. The van der Waals surface area contributed by atoms with E-state index in [1.807, 2.05) is 18.2 Å². The predicted octanol–water partition coefficient (Wildman–Crippen LogP) is 3.82. The fourth-order valence-corrected chi connectivity index (χ4v) is 4.37. The number of halogens is 1. The minimum atomic E-state index is -0.190. The Morgan fingerprint density at radius 1 is 1.24 bits per heavy atom. The van der Waals surface area contributed by atoms with Gasteiger partial charge in [0.25, 0.3) is 5.91 Å². The van der Waals surface area contributed by atoms with Crippen LogP contribution in [0.25, 0.3) is 22.2 Å². The Morgan fingerprint density at radius 3 is 2.82 bits per heavy atom. The topological polar surface area (TPSA) is 121 Å². The number of carbonyl (C=O) groups excluding carboxylic acids is 1.